The van der Waals surface area contributed by atoms with Crippen LogP contribution in [0.2, 0.25) is 0 Å². The molecule has 0 aromatic heterocycles. The van der Waals surface area contributed by atoms with Gasteiger partial charge in [0.05, 0.1) is 0 Å². The molecule has 0 spiro atoms. The molecule has 0 atom stereocenters. The maximum absolute atomic E-state index is 3.91. The standard InChI is InChI=1S/C14H23N2Si/c1-7-12-10-9-11-14(13(12)8-2)17(15(3)4)16(5)6/h7,9-11H,1,8H2,2-6H3. The van der Waals surface area contributed by atoms with Crippen molar-refractivity contribution in [1.29, 1.82) is 0 Å². The lowest BCUT2D eigenvalue weighted by atomic mass is 10.1. The fourth-order valence-corrected chi connectivity index (χ4v) is 4.88. The zero-order valence-corrected chi connectivity index (χ0v) is 12.6. The average molecular weight is 247 g/mol. The van der Waals surface area contributed by atoms with Crippen molar-refractivity contribution in [3.05, 3.63) is 35.9 Å². The van der Waals surface area contributed by atoms with Gasteiger partial charge >= 0.3 is 0 Å². The Morgan fingerprint density at radius 2 is 1.76 bits per heavy atom. The van der Waals surface area contributed by atoms with Crippen molar-refractivity contribution in [2.75, 3.05) is 28.2 Å². The average Bonchev–Trinajstić information content (AvgIpc) is 2.27. The molecule has 0 aliphatic carbocycles. The number of hydrogen-bond donors (Lipinski definition) is 0. The molecule has 1 aromatic carbocycles. The van der Waals surface area contributed by atoms with Crippen molar-refractivity contribution in [3.8, 4) is 0 Å². The second kappa shape index (κ2) is 6.14. The molecule has 0 unspecified atom stereocenters. The summed E-state index contributed by atoms with van der Waals surface area (Å²) in [5.41, 5.74) is 2.72. The van der Waals surface area contributed by atoms with Crippen molar-refractivity contribution in [2.24, 2.45) is 0 Å². The van der Waals surface area contributed by atoms with Gasteiger partial charge in [-0.2, -0.15) is 0 Å². The van der Waals surface area contributed by atoms with Gasteiger partial charge in [-0.05, 0) is 50.9 Å². The molecule has 0 amide bonds. The van der Waals surface area contributed by atoms with Crippen LogP contribution in [-0.4, -0.2) is 46.4 Å². The predicted molar refractivity (Wildman–Crippen MR) is 78.7 cm³/mol. The maximum Gasteiger partial charge on any atom is 0.266 e. The fraction of sp³-hybridized carbons (Fsp3) is 0.429. The molecule has 0 fully saturated rings. The van der Waals surface area contributed by atoms with Gasteiger partial charge in [-0.15, -0.1) is 0 Å². The third-order valence-corrected chi connectivity index (χ3v) is 5.52. The van der Waals surface area contributed by atoms with Crippen LogP contribution in [0.4, 0.5) is 0 Å². The predicted octanol–water partition coefficient (Wildman–Crippen LogP) is 1.71. The van der Waals surface area contributed by atoms with Gasteiger partial charge < -0.3 is 9.13 Å². The Balaban J connectivity index is 3.32. The van der Waals surface area contributed by atoms with E-state index in [1.807, 2.05) is 6.08 Å². The Kier molecular flexibility index (Phi) is 5.12. The Morgan fingerprint density at radius 3 is 2.18 bits per heavy atom. The van der Waals surface area contributed by atoms with Gasteiger partial charge in [-0.25, -0.2) is 0 Å². The summed E-state index contributed by atoms with van der Waals surface area (Å²) in [6, 6.07) is 6.56. The van der Waals surface area contributed by atoms with Gasteiger partial charge in [-0.1, -0.05) is 37.8 Å². The van der Waals surface area contributed by atoms with E-state index in [2.05, 4.69) is 69.0 Å². The monoisotopic (exact) mass is 247 g/mol. The molecule has 1 rings (SSSR count). The van der Waals surface area contributed by atoms with Crippen molar-refractivity contribution in [2.45, 2.75) is 13.3 Å². The minimum Gasteiger partial charge on any atom is -0.314 e. The van der Waals surface area contributed by atoms with Gasteiger partial charge in [0.1, 0.15) is 0 Å². The Hall–Kier alpha value is -0.903. The van der Waals surface area contributed by atoms with E-state index in [1.54, 1.807) is 0 Å². The number of hydrogen-bond acceptors (Lipinski definition) is 2. The van der Waals surface area contributed by atoms with E-state index in [0.717, 1.165) is 6.42 Å². The molecule has 2 nitrogen and oxygen atoms in total. The molecule has 17 heavy (non-hydrogen) atoms. The van der Waals surface area contributed by atoms with Gasteiger partial charge in [0.2, 0.25) is 0 Å². The lowest BCUT2D eigenvalue weighted by Gasteiger charge is -2.29. The Morgan fingerprint density at radius 1 is 1.18 bits per heavy atom. The van der Waals surface area contributed by atoms with Gasteiger partial charge in [-0.3, -0.25) is 0 Å². The van der Waals surface area contributed by atoms with Gasteiger partial charge in [0.25, 0.3) is 9.12 Å². The number of benzene rings is 1. The highest BCUT2D eigenvalue weighted by molar-refractivity contribution is 6.68. The lowest BCUT2D eigenvalue weighted by molar-refractivity contribution is 0.530. The Bertz CT molecular complexity index is 378. The molecule has 0 N–H and O–H groups in total. The highest BCUT2D eigenvalue weighted by Gasteiger charge is 2.23. The van der Waals surface area contributed by atoms with E-state index in [4.69, 9.17) is 0 Å². The summed E-state index contributed by atoms with van der Waals surface area (Å²) in [6.45, 7) is 6.13. The largest absolute Gasteiger partial charge is 0.314 e. The van der Waals surface area contributed by atoms with Crippen LogP contribution in [0.5, 0.6) is 0 Å². The third-order valence-electron chi connectivity index (χ3n) is 2.87. The molecule has 3 heteroatoms. The van der Waals surface area contributed by atoms with E-state index in [1.165, 1.54) is 16.3 Å². The molecule has 1 radical (unpaired) electrons. The first kappa shape index (κ1) is 14.2. The maximum atomic E-state index is 3.91. The molecule has 0 aliphatic rings. The summed E-state index contributed by atoms with van der Waals surface area (Å²) in [5.74, 6) is 0. The van der Waals surface area contributed by atoms with Crippen molar-refractivity contribution >= 4 is 20.4 Å². The smallest absolute Gasteiger partial charge is 0.266 e. The quantitative estimate of drug-likeness (QED) is 0.731. The van der Waals surface area contributed by atoms with E-state index in [9.17, 15) is 0 Å². The number of rotatable bonds is 5. The van der Waals surface area contributed by atoms with Crippen molar-refractivity contribution < 1.29 is 0 Å². The minimum atomic E-state index is -0.811. The second-order valence-corrected chi connectivity index (χ2v) is 7.52. The molecule has 0 bridgehead atoms. The van der Waals surface area contributed by atoms with E-state index >= 15 is 0 Å². The minimum absolute atomic E-state index is 0.811. The summed E-state index contributed by atoms with van der Waals surface area (Å²) in [7, 11) is 7.83. The Labute approximate surface area is 107 Å². The third kappa shape index (κ3) is 3.06. The van der Waals surface area contributed by atoms with E-state index < -0.39 is 9.12 Å². The molecule has 0 aliphatic heterocycles. The van der Waals surface area contributed by atoms with Crippen LogP contribution in [0.15, 0.2) is 24.8 Å². The summed E-state index contributed by atoms with van der Waals surface area (Å²) in [5, 5.41) is 1.48. The lowest BCUT2D eigenvalue weighted by Crippen LogP contribution is -2.55. The van der Waals surface area contributed by atoms with Crippen LogP contribution in [-0.2, 0) is 6.42 Å². The van der Waals surface area contributed by atoms with Gasteiger partial charge in [0.15, 0.2) is 0 Å². The van der Waals surface area contributed by atoms with Crippen molar-refractivity contribution in [3.63, 3.8) is 0 Å². The molecule has 93 valence electrons. The molecule has 1 aromatic rings. The van der Waals surface area contributed by atoms with Crippen molar-refractivity contribution in [1.82, 2.24) is 9.13 Å². The molecule has 0 saturated carbocycles. The molecule has 0 heterocycles. The van der Waals surface area contributed by atoms with E-state index in [0.29, 0.717) is 0 Å². The molecular weight excluding hydrogens is 224 g/mol. The second-order valence-electron chi connectivity index (χ2n) is 4.54. The SMILES string of the molecule is C=Cc1cccc([Si](N(C)C)N(C)C)c1CC. The summed E-state index contributed by atoms with van der Waals surface area (Å²) in [6.07, 6.45) is 3.03. The van der Waals surface area contributed by atoms with Crippen LogP contribution >= 0.6 is 0 Å². The van der Waals surface area contributed by atoms with Crippen LogP contribution < -0.4 is 5.19 Å². The first-order valence-corrected chi connectivity index (χ1v) is 7.38. The number of nitrogens with zero attached hydrogens (tertiary/aromatic N) is 2. The van der Waals surface area contributed by atoms with E-state index in [-0.39, 0.29) is 0 Å². The first-order chi connectivity index (χ1) is 8.02. The van der Waals surface area contributed by atoms with Crippen LogP contribution in [0.25, 0.3) is 6.08 Å². The normalized spacial score (nSPS) is 11.5. The zero-order chi connectivity index (χ0) is 13.0. The fourth-order valence-electron chi connectivity index (χ4n) is 2.28. The molecule has 0 saturated heterocycles. The molecular formula is C14H23N2Si. The summed E-state index contributed by atoms with van der Waals surface area (Å²) >= 11 is 0. The summed E-state index contributed by atoms with van der Waals surface area (Å²) < 4.78 is 4.68. The van der Waals surface area contributed by atoms with Crippen LogP contribution in [0, 0.1) is 0 Å². The summed E-state index contributed by atoms with van der Waals surface area (Å²) in [4.78, 5) is 0. The first-order valence-electron chi connectivity index (χ1n) is 5.99. The zero-order valence-electron chi connectivity index (χ0n) is 11.6. The highest BCUT2D eigenvalue weighted by Crippen LogP contribution is 2.11. The highest BCUT2D eigenvalue weighted by atomic mass is 28.3. The van der Waals surface area contributed by atoms with Crippen LogP contribution in [0.1, 0.15) is 18.1 Å². The topological polar surface area (TPSA) is 6.48 Å². The van der Waals surface area contributed by atoms with Gasteiger partial charge in [0, 0.05) is 0 Å². The van der Waals surface area contributed by atoms with Crippen LogP contribution in [0.3, 0.4) is 0 Å².